The third-order valence-electron chi connectivity index (χ3n) is 12.4. The first-order valence-corrected chi connectivity index (χ1v) is 21.3. The second-order valence-corrected chi connectivity index (χ2v) is 16.2. The van der Waals surface area contributed by atoms with Crippen LogP contribution in [0.5, 0.6) is 11.5 Å². The lowest BCUT2D eigenvalue weighted by Crippen LogP contribution is -2.27. The zero-order valence-corrected chi connectivity index (χ0v) is 34.1. The fourth-order valence-corrected chi connectivity index (χ4v) is 8.81. The number of nitriles is 2. The highest BCUT2D eigenvalue weighted by atomic mass is 16.5. The minimum absolute atomic E-state index is 0.104. The molecule has 4 heteroatoms. The molecule has 0 aromatic heterocycles. The summed E-state index contributed by atoms with van der Waals surface area (Å²) in [5.74, 6) is 3.32. The minimum Gasteiger partial charge on any atom is -0.494 e. The van der Waals surface area contributed by atoms with Crippen molar-refractivity contribution < 1.29 is 9.47 Å². The van der Waals surface area contributed by atoms with E-state index < -0.39 is 0 Å². The molecular formula is C51H64N2O2. The smallest absolute Gasteiger partial charge is 0.119 e. The molecule has 6 rings (SSSR count). The van der Waals surface area contributed by atoms with E-state index in [1.165, 1.54) is 71.9 Å². The first kappa shape index (κ1) is 41.6. The Morgan fingerprint density at radius 3 is 1.27 bits per heavy atom. The molecule has 4 aromatic rings. The number of aryl methyl sites for hydroxylation is 2. The fourth-order valence-electron chi connectivity index (χ4n) is 8.81. The van der Waals surface area contributed by atoms with Gasteiger partial charge in [0.1, 0.15) is 11.5 Å². The highest BCUT2D eigenvalue weighted by molar-refractivity contribution is 5.65. The lowest BCUT2D eigenvalue weighted by Gasteiger charge is -2.35. The van der Waals surface area contributed by atoms with Crippen LogP contribution in [-0.2, 0) is 12.8 Å². The summed E-state index contributed by atoms with van der Waals surface area (Å²) in [7, 11) is 0. The molecule has 55 heavy (non-hydrogen) atoms. The van der Waals surface area contributed by atoms with Crippen LogP contribution in [0.15, 0.2) is 97.1 Å². The quantitative estimate of drug-likeness (QED) is 0.122. The number of rotatable bonds is 15. The lowest BCUT2D eigenvalue weighted by molar-refractivity contribution is 0.183. The molecule has 0 amide bonds. The standard InChI is InChI=1S/C26H33NO.C25H31NO/c1-3-18-28-25-13-11-24(12-14-25)23-9-7-22(8-10-23)15-17-26(20-27)16-5-6-21(4-2)19-26;1-3-20-6-5-16-25(18-20,19-26)17-15-21-7-9-22(10-8-21)23-11-13-24(14-12-23)27-4-2/h7-14,21H,3-6,15-19H2,1-2H3;7-14,20H,3-6,15-18H2,1-2H3. The van der Waals surface area contributed by atoms with E-state index in [1.807, 2.05) is 31.2 Å². The van der Waals surface area contributed by atoms with Crippen LogP contribution >= 0.6 is 0 Å². The Bertz CT molecular complexity index is 1800. The number of hydrogen-bond donors (Lipinski definition) is 0. The summed E-state index contributed by atoms with van der Waals surface area (Å²) in [5.41, 5.74) is 7.32. The van der Waals surface area contributed by atoms with E-state index in [4.69, 9.17) is 9.47 Å². The third kappa shape index (κ3) is 12.0. The van der Waals surface area contributed by atoms with Crippen molar-refractivity contribution in [1.82, 2.24) is 0 Å². The monoisotopic (exact) mass is 736 g/mol. The molecule has 2 aliphatic rings. The Balaban J connectivity index is 0.000000211. The van der Waals surface area contributed by atoms with Gasteiger partial charge >= 0.3 is 0 Å². The summed E-state index contributed by atoms with van der Waals surface area (Å²) in [6.45, 7) is 10.1. The number of nitrogens with zero attached hydrogens (tertiary/aromatic N) is 2. The van der Waals surface area contributed by atoms with Gasteiger partial charge in [0.2, 0.25) is 0 Å². The Labute approximate surface area is 332 Å². The SMILES string of the molecule is CCCOc1ccc(-c2ccc(CCC3(C#N)CCCC(CC)C3)cc2)cc1.CCOc1ccc(-c2ccc(CCC3(C#N)CCCC(CC)C3)cc2)cc1. The van der Waals surface area contributed by atoms with Crippen LogP contribution in [0, 0.1) is 45.3 Å². The number of hydrogen-bond acceptors (Lipinski definition) is 4. The summed E-state index contributed by atoms with van der Waals surface area (Å²) in [6.07, 6.45) is 16.8. The van der Waals surface area contributed by atoms with Crippen molar-refractivity contribution in [2.24, 2.45) is 22.7 Å². The maximum atomic E-state index is 9.84. The highest BCUT2D eigenvalue weighted by Gasteiger charge is 2.36. The molecule has 290 valence electrons. The maximum Gasteiger partial charge on any atom is 0.119 e. The van der Waals surface area contributed by atoms with Gasteiger partial charge in [-0.25, -0.2) is 0 Å². The van der Waals surface area contributed by atoms with Gasteiger partial charge in [-0.1, -0.05) is 132 Å². The van der Waals surface area contributed by atoms with Gasteiger partial charge in [-0.15, -0.1) is 0 Å². The summed E-state index contributed by atoms with van der Waals surface area (Å²) in [4.78, 5) is 0. The molecule has 2 aliphatic carbocycles. The van der Waals surface area contributed by atoms with Gasteiger partial charge in [0.05, 0.1) is 36.2 Å². The summed E-state index contributed by atoms with van der Waals surface area (Å²) in [6, 6.07) is 39.7. The average molecular weight is 737 g/mol. The summed E-state index contributed by atoms with van der Waals surface area (Å²) >= 11 is 0. The largest absolute Gasteiger partial charge is 0.494 e. The van der Waals surface area contributed by atoms with E-state index in [9.17, 15) is 10.5 Å². The van der Waals surface area contributed by atoms with E-state index in [0.29, 0.717) is 6.61 Å². The molecule has 4 atom stereocenters. The Morgan fingerprint density at radius 2 is 0.927 bits per heavy atom. The van der Waals surface area contributed by atoms with Gasteiger partial charge in [-0.3, -0.25) is 0 Å². The molecular weight excluding hydrogens is 673 g/mol. The molecule has 2 fully saturated rings. The molecule has 4 unspecified atom stereocenters. The molecule has 0 bridgehead atoms. The molecule has 0 aliphatic heterocycles. The fraction of sp³-hybridized carbons (Fsp3) is 0.490. The van der Waals surface area contributed by atoms with Crippen LogP contribution in [0.2, 0.25) is 0 Å². The van der Waals surface area contributed by atoms with Crippen LogP contribution in [0.1, 0.15) is 122 Å². The van der Waals surface area contributed by atoms with Crippen LogP contribution in [0.3, 0.4) is 0 Å². The zero-order chi connectivity index (χ0) is 38.9. The molecule has 4 nitrogen and oxygen atoms in total. The third-order valence-corrected chi connectivity index (χ3v) is 12.4. The van der Waals surface area contributed by atoms with Crippen LogP contribution in [0.4, 0.5) is 0 Å². The van der Waals surface area contributed by atoms with Crippen molar-refractivity contribution in [2.45, 2.75) is 124 Å². The molecule has 0 radical (unpaired) electrons. The van der Waals surface area contributed by atoms with Gasteiger partial charge < -0.3 is 9.47 Å². The van der Waals surface area contributed by atoms with E-state index in [0.717, 1.165) is 87.7 Å². The molecule has 0 spiro atoms. The van der Waals surface area contributed by atoms with Crippen LogP contribution < -0.4 is 9.47 Å². The lowest BCUT2D eigenvalue weighted by atomic mass is 9.67. The van der Waals surface area contributed by atoms with Crippen LogP contribution in [0.25, 0.3) is 22.3 Å². The van der Waals surface area contributed by atoms with Crippen molar-refractivity contribution >= 4 is 0 Å². The van der Waals surface area contributed by atoms with Crippen LogP contribution in [-0.4, -0.2) is 13.2 Å². The predicted octanol–water partition coefficient (Wildman–Crippen LogP) is 14.0. The topological polar surface area (TPSA) is 66.0 Å². The second kappa shape index (κ2) is 20.9. The van der Waals surface area contributed by atoms with Gasteiger partial charge in [0.15, 0.2) is 0 Å². The molecule has 0 N–H and O–H groups in total. The summed E-state index contributed by atoms with van der Waals surface area (Å²) < 4.78 is 11.2. The van der Waals surface area contributed by atoms with E-state index in [1.54, 1.807) is 0 Å². The van der Waals surface area contributed by atoms with Gasteiger partial charge in [-0.05, 0) is 134 Å². The van der Waals surface area contributed by atoms with Gasteiger partial charge in [0.25, 0.3) is 0 Å². The van der Waals surface area contributed by atoms with E-state index in [-0.39, 0.29) is 10.8 Å². The molecule has 4 aromatic carbocycles. The van der Waals surface area contributed by atoms with Gasteiger partial charge in [-0.2, -0.15) is 10.5 Å². The zero-order valence-electron chi connectivity index (χ0n) is 34.1. The van der Waals surface area contributed by atoms with Crippen molar-refractivity contribution in [3.8, 4) is 45.9 Å². The minimum atomic E-state index is -0.105. The number of benzene rings is 4. The first-order chi connectivity index (χ1) is 26.9. The van der Waals surface area contributed by atoms with Gasteiger partial charge in [0, 0.05) is 0 Å². The first-order valence-electron chi connectivity index (χ1n) is 21.3. The van der Waals surface area contributed by atoms with Crippen molar-refractivity contribution in [1.29, 1.82) is 10.5 Å². The second-order valence-electron chi connectivity index (χ2n) is 16.2. The van der Waals surface area contributed by atoms with E-state index >= 15 is 0 Å². The Hall–Kier alpha value is -4.54. The number of ether oxygens (including phenoxy) is 2. The molecule has 0 heterocycles. The van der Waals surface area contributed by atoms with Crippen molar-refractivity contribution in [3.63, 3.8) is 0 Å². The normalized spacial score (nSPS) is 22.0. The molecule has 0 saturated heterocycles. The Kier molecular flexibility index (Phi) is 15.9. The predicted molar refractivity (Wildman–Crippen MR) is 228 cm³/mol. The highest BCUT2D eigenvalue weighted by Crippen LogP contribution is 2.44. The summed E-state index contributed by atoms with van der Waals surface area (Å²) in [5, 5.41) is 19.7. The maximum absolute atomic E-state index is 9.84. The molecule has 2 saturated carbocycles. The van der Waals surface area contributed by atoms with E-state index in [2.05, 4.69) is 106 Å². The Morgan fingerprint density at radius 1 is 0.545 bits per heavy atom. The van der Waals surface area contributed by atoms with Crippen molar-refractivity contribution in [3.05, 3.63) is 108 Å². The van der Waals surface area contributed by atoms with Crippen molar-refractivity contribution in [2.75, 3.05) is 13.2 Å². The average Bonchev–Trinajstić information content (AvgIpc) is 3.25.